The van der Waals surface area contributed by atoms with Gasteiger partial charge in [0.25, 0.3) is 5.91 Å². The fourth-order valence-corrected chi connectivity index (χ4v) is 2.27. The number of halogens is 1. The number of aryl methyl sites for hydroxylation is 1. The fourth-order valence-electron chi connectivity index (χ4n) is 2.08. The van der Waals surface area contributed by atoms with Gasteiger partial charge in [-0.3, -0.25) is 4.79 Å². The van der Waals surface area contributed by atoms with Gasteiger partial charge in [-0.1, -0.05) is 22.8 Å². The van der Waals surface area contributed by atoms with Gasteiger partial charge >= 0.3 is 0 Å². The van der Waals surface area contributed by atoms with Gasteiger partial charge < -0.3 is 9.42 Å². The Balaban J connectivity index is 1.66. The third kappa shape index (κ3) is 2.33. The summed E-state index contributed by atoms with van der Waals surface area (Å²) in [5, 5.41) is 4.32. The van der Waals surface area contributed by atoms with Crippen LogP contribution in [0.15, 0.2) is 28.8 Å². The summed E-state index contributed by atoms with van der Waals surface area (Å²) in [6.45, 7) is 2.99. The van der Waals surface area contributed by atoms with Crippen molar-refractivity contribution in [2.45, 2.75) is 12.8 Å². The minimum atomic E-state index is -0.0185. The van der Waals surface area contributed by atoms with Crippen molar-refractivity contribution >= 4 is 17.5 Å². The van der Waals surface area contributed by atoms with Crippen LogP contribution in [0.2, 0.25) is 5.02 Å². The second-order valence-corrected chi connectivity index (χ2v) is 5.03. The number of carbonyl (C=O) groups excluding carboxylic acids is 1. The fraction of sp³-hybridized carbons (Fsp3) is 0.308. The number of likely N-dealkylation sites (tertiary alicyclic amines) is 1. The Morgan fingerprint density at radius 1 is 1.47 bits per heavy atom. The molecule has 1 aromatic heterocycles. The van der Waals surface area contributed by atoms with Crippen molar-refractivity contribution in [3.63, 3.8) is 0 Å². The van der Waals surface area contributed by atoms with Crippen LogP contribution in [-0.2, 0) is 0 Å². The standard InChI is InChI=1S/C13H12ClN3O2/c1-8-15-12(19-16-8)10-6-17(7-10)13(18)9-3-2-4-11(14)5-9/h2-5,10H,6-7H2,1H3. The number of hydrogen-bond acceptors (Lipinski definition) is 4. The molecule has 1 saturated heterocycles. The predicted octanol–water partition coefficient (Wildman–Crippen LogP) is 2.27. The average molecular weight is 278 g/mol. The first-order chi connectivity index (χ1) is 9.13. The number of carbonyl (C=O) groups is 1. The molecule has 0 saturated carbocycles. The number of hydrogen-bond donors (Lipinski definition) is 0. The van der Waals surface area contributed by atoms with Crippen LogP contribution in [0.1, 0.15) is 28.0 Å². The third-order valence-electron chi connectivity index (χ3n) is 3.13. The summed E-state index contributed by atoms with van der Waals surface area (Å²) in [6, 6.07) is 6.96. The van der Waals surface area contributed by atoms with E-state index in [0.29, 0.717) is 35.4 Å². The summed E-state index contributed by atoms with van der Waals surface area (Å²) in [7, 11) is 0. The summed E-state index contributed by atoms with van der Waals surface area (Å²) >= 11 is 5.88. The van der Waals surface area contributed by atoms with Gasteiger partial charge in [0.05, 0.1) is 5.92 Å². The molecule has 1 aliphatic rings. The van der Waals surface area contributed by atoms with Gasteiger partial charge in [-0.2, -0.15) is 4.98 Å². The molecule has 1 fully saturated rings. The molecule has 0 aliphatic carbocycles. The molecule has 1 aromatic carbocycles. The number of amides is 1. The van der Waals surface area contributed by atoms with Crippen molar-refractivity contribution in [3.8, 4) is 0 Å². The first-order valence-corrected chi connectivity index (χ1v) is 6.36. The van der Waals surface area contributed by atoms with E-state index in [0.717, 1.165) is 0 Å². The molecule has 0 N–H and O–H groups in total. The van der Waals surface area contributed by atoms with Crippen molar-refractivity contribution < 1.29 is 9.32 Å². The van der Waals surface area contributed by atoms with Gasteiger partial charge in [0, 0.05) is 23.7 Å². The molecule has 1 amide bonds. The van der Waals surface area contributed by atoms with E-state index in [1.807, 2.05) is 0 Å². The van der Waals surface area contributed by atoms with E-state index < -0.39 is 0 Å². The van der Waals surface area contributed by atoms with Gasteiger partial charge in [-0.25, -0.2) is 0 Å². The zero-order chi connectivity index (χ0) is 13.4. The van der Waals surface area contributed by atoms with E-state index in [1.54, 1.807) is 36.1 Å². The highest BCUT2D eigenvalue weighted by atomic mass is 35.5. The highest BCUT2D eigenvalue weighted by molar-refractivity contribution is 6.30. The molecule has 98 valence electrons. The van der Waals surface area contributed by atoms with E-state index in [-0.39, 0.29) is 11.8 Å². The molecule has 19 heavy (non-hydrogen) atoms. The summed E-state index contributed by atoms with van der Waals surface area (Å²) in [6.07, 6.45) is 0. The quantitative estimate of drug-likeness (QED) is 0.845. The Morgan fingerprint density at radius 2 is 2.26 bits per heavy atom. The van der Waals surface area contributed by atoms with Crippen molar-refractivity contribution in [1.82, 2.24) is 15.0 Å². The monoisotopic (exact) mass is 277 g/mol. The average Bonchev–Trinajstić information content (AvgIpc) is 2.73. The zero-order valence-corrected chi connectivity index (χ0v) is 11.1. The SMILES string of the molecule is Cc1noc(C2CN(C(=O)c3cccc(Cl)c3)C2)n1. The van der Waals surface area contributed by atoms with Crippen LogP contribution in [-0.4, -0.2) is 34.0 Å². The van der Waals surface area contributed by atoms with Gasteiger partial charge in [0.15, 0.2) is 5.82 Å². The maximum absolute atomic E-state index is 12.2. The number of aromatic nitrogens is 2. The van der Waals surface area contributed by atoms with Crippen LogP contribution in [0.25, 0.3) is 0 Å². The number of rotatable bonds is 2. The van der Waals surface area contributed by atoms with Crippen molar-refractivity contribution in [1.29, 1.82) is 0 Å². The molecule has 6 heteroatoms. The Hall–Kier alpha value is -1.88. The van der Waals surface area contributed by atoms with Crippen LogP contribution in [0.4, 0.5) is 0 Å². The van der Waals surface area contributed by atoms with Crippen LogP contribution in [0, 0.1) is 6.92 Å². The smallest absolute Gasteiger partial charge is 0.253 e. The highest BCUT2D eigenvalue weighted by Gasteiger charge is 2.35. The Kier molecular flexibility index (Phi) is 2.98. The van der Waals surface area contributed by atoms with Gasteiger partial charge in [-0.15, -0.1) is 0 Å². The lowest BCUT2D eigenvalue weighted by atomic mass is 9.99. The molecule has 2 aromatic rings. The first kappa shape index (κ1) is 12.2. The van der Waals surface area contributed by atoms with Gasteiger partial charge in [0.1, 0.15) is 0 Å². The van der Waals surface area contributed by atoms with Crippen LogP contribution in [0.5, 0.6) is 0 Å². The van der Waals surface area contributed by atoms with Crippen molar-refractivity contribution in [3.05, 3.63) is 46.6 Å². The molecule has 0 radical (unpaired) electrons. The van der Waals surface area contributed by atoms with Gasteiger partial charge in [0.2, 0.25) is 5.89 Å². The molecule has 0 atom stereocenters. The van der Waals surface area contributed by atoms with E-state index >= 15 is 0 Å². The van der Waals surface area contributed by atoms with Crippen LogP contribution >= 0.6 is 11.6 Å². The maximum atomic E-state index is 12.2. The number of benzene rings is 1. The Bertz CT molecular complexity index is 620. The largest absolute Gasteiger partial charge is 0.339 e. The van der Waals surface area contributed by atoms with E-state index in [9.17, 15) is 4.79 Å². The summed E-state index contributed by atoms with van der Waals surface area (Å²) in [5.41, 5.74) is 0.604. The van der Waals surface area contributed by atoms with Crippen LogP contribution < -0.4 is 0 Å². The molecule has 2 heterocycles. The lowest BCUT2D eigenvalue weighted by Crippen LogP contribution is -2.48. The van der Waals surface area contributed by atoms with Crippen molar-refractivity contribution in [2.24, 2.45) is 0 Å². The van der Waals surface area contributed by atoms with E-state index in [2.05, 4.69) is 10.1 Å². The molecule has 0 spiro atoms. The first-order valence-electron chi connectivity index (χ1n) is 5.98. The topological polar surface area (TPSA) is 59.2 Å². The van der Waals surface area contributed by atoms with E-state index in [1.165, 1.54) is 0 Å². The molecule has 1 aliphatic heterocycles. The minimum Gasteiger partial charge on any atom is -0.339 e. The predicted molar refractivity (Wildman–Crippen MR) is 69.1 cm³/mol. The summed E-state index contributed by atoms with van der Waals surface area (Å²) in [5.74, 6) is 1.35. The highest BCUT2D eigenvalue weighted by Crippen LogP contribution is 2.27. The van der Waals surface area contributed by atoms with E-state index in [4.69, 9.17) is 16.1 Å². The van der Waals surface area contributed by atoms with Gasteiger partial charge in [-0.05, 0) is 25.1 Å². The minimum absolute atomic E-state index is 0.0185. The Morgan fingerprint density at radius 3 is 2.89 bits per heavy atom. The third-order valence-corrected chi connectivity index (χ3v) is 3.37. The lowest BCUT2D eigenvalue weighted by Gasteiger charge is -2.37. The zero-order valence-electron chi connectivity index (χ0n) is 10.3. The molecule has 3 rings (SSSR count). The second-order valence-electron chi connectivity index (χ2n) is 4.60. The second kappa shape index (κ2) is 4.66. The molecule has 0 unspecified atom stereocenters. The van der Waals surface area contributed by atoms with Crippen LogP contribution in [0.3, 0.4) is 0 Å². The Labute approximate surface area is 115 Å². The maximum Gasteiger partial charge on any atom is 0.253 e. The molecule has 5 nitrogen and oxygen atoms in total. The number of nitrogens with zero attached hydrogens (tertiary/aromatic N) is 3. The molecule has 0 bridgehead atoms. The molecular weight excluding hydrogens is 266 g/mol. The lowest BCUT2D eigenvalue weighted by molar-refractivity contribution is 0.0569. The normalized spacial score (nSPS) is 15.4. The molecular formula is C13H12ClN3O2. The van der Waals surface area contributed by atoms with Crippen molar-refractivity contribution in [2.75, 3.05) is 13.1 Å². The summed E-state index contributed by atoms with van der Waals surface area (Å²) < 4.78 is 5.10. The summed E-state index contributed by atoms with van der Waals surface area (Å²) in [4.78, 5) is 18.1.